The monoisotopic (exact) mass is 426 g/mol. The first-order chi connectivity index (χ1) is 10.3. The van der Waals surface area contributed by atoms with Crippen LogP contribution in [0.4, 0.5) is 5.95 Å². The number of aromatic nitrogens is 5. The zero-order valence-electron chi connectivity index (χ0n) is 11.7. The predicted molar refractivity (Wildman–Crippen MR) is 89.5 cm³/mol. The highest BCUT2D eigenvalue weighted by molar-refractivity contribution is 9.10. The van der Waals surface area contributed by atoms with Gasteiger partial charge in [-0.15, -0.1) is 0 Å². The zero-order chi connectivity index (χ0) is 16.1. The Bertz CT molecular complexity index is 876. The van der Waals surface area contributed by atoms with Crippen LogP contribution in [0.2, 0.25) is 0 Å². The van der Waals surface area contributed by atoms with Gasteiger partial charge in [-0.3, -0.25) is 4.98 Å². The summed E-state index contributed by atoms with van der Waals surface area (Å²) in [5.74, 6) is 0.221. The lowest BCUT2D eigenvalue weighted by Gasteiger charge is -2.27. The van der Waals surface area contributed by atoms with Crippen molar-refractivity contribution in [2.24, 2.45) is 0 Å². The molecule has 3 aromatic rings. The minimum atomic E-state index is -0.692. The van der Waals surface area contributed by atoms with Gasteiger partial charge in [-0.1, -0.05) is 0 Å². The first-order valence-electron chi connectivity index (χ1n) is 6.33. The summed E-state index contributed by atoms with van der Waals surface area (Å²) in [5, 5.41) is 10.3. The fourth-order valence-corrected chi connectivity index (χ4v) is 3.05. The van der Waals surface area contributed by atoms with E-state index in [1.807, 2.05) is 13.8 Å². The van der Waals surface area contributed by atoms with Crippen LogP contribution < -0.4 is 5.73 Å². The average Bonchev–Trinajstić information content (AvgIpc) is 2.86. The SMILES string of the molecule is CC(C)(c1nccc(Br)c1O)n1cnc2c(Br)nc(N)nc21. The highest BCUT2D eigenvalue weighted by Gasteiger charge is 2.31. The van der Waals surface area contributed by atoms with Gasteiger partial charge in [0.2, 0.25) is 5.95 Å². The Morgan fingerprint density at radius 2 is 1.95 bits per heavy atom. The summed E-state index contributed by atoms with van der Waals surface area (Å²) < 4.78 is 2.90. The van der Waals surface area contributed by atoms with Crippen LogP contribution in [0, 0.1) is 0 Å². The van der Waals surface area contributed by atoms with Gasteiger partial charge in [-0.05, 0) is 51.8 Å². The molecule has 0 unspecified atom stereocenters. The molecule has 0 radical (unpaired) electrons. The maximum absolute atomic E-state index is 10.3. The molecule has 0 aliphatic rings. The molecular formula is C13H12Br2N6O. The van der Waals surface area contributed by atoms with Crippen molar-refractivity contribution < 1.29 is 5.11 Å². The molecule has 7 nitrogen and oxygen atoms in total. The molecule has 114 valence electrons. The van der Waals surface area contributed by atoms with Crippen LogP contribution in [-0.2, 0) is 5.54 Å². The number of halogens is 2. The normalized spacial score (nSPS) is 12.0. The standard InChI is InChI=1S/C13H12Br2N6O/c1-13(2,9-8(22)6(14)3-4-17-9)21-5-18-7-10(15)19-12(16)20-11(7)21/h3-5,22H,1-2H3,(H2,16,19,20). The van der Waals surface area contributed by atoms with Gasteiger partial charge in [0.1, 0.15) is 15.8 Å². The molecule has 3 aromatic heterocycles. The summed E-state index contributed by atoms with van der Waals surface area (Å²) in [4.78, 5) is 16.9. The van der Waals surface area contributed by atoms with Gasteiger partial charge in [-0.2, -0.15) is 4.98 Å². The Balaban J connectivity index is 2.27. The van der Waals surface area contributed by atoms with E-state index in [1.54, 1.807) is 23.2 Å². The third-order valence-electron chi connectivity index (χ3n) is 3.43. The maximum atomic E-state index is 10.3. The molecule has 0 atom stereocenters. The molecule has 0 bridgehead atoms. The Kier molecular flexibility index (Phi) is 3.56. The van der Waals surface area contributed by atoms with Crippen molar-refractivity contribution in [1.82, 2.24) is 24.5 Å². The summed E-state index contributed by atoms with van der Waals surface area (Å²) in [6.45, 7) is 3.82. The highest BCUT2D eigenvalue weighted by Crippen LogP contribution is 2.37. The lowest BCUT2D eigenvalue weighted by molar-refractivity contribution is 0.387. The summed E-state index contributed by atoms with van der Waals surface area (Å²) >= 11 is 6.64. The average molecular weight is 428 g/mol. The number of aromatic hydroxyl groups is 1. The molecular weight excluding hydrogens is 416 g/mol. The largest absolute Gasteiger partial charge is 0.505 e. The quantitative estimate of drug-likeness (QED) is 0.609. The summed E-state index contributed by atoms with van der Waals surface area (Å²) in [7, 11) is 0. The minimum Gasteiger partial charge on any atom is -0.505 e. The van der Waals surface area contributed by atoms with Crippen LogP contribution in [0.3, 0.4) is 0 Å². The van der Waals surface area contributed by atoms with Gasteiger partial charge in [-0.25, -0.2) is 9.97 Å². The van der Waals surface area contributed by atoms with Crippen molar-refractivity contribution in [2.75, 3.05) is 5.73 Å². The number of fused-ring (bicyclic) bond motifs is 1. The predicted octanol–water partition coefficient (Wildman–Crippen LogP) is 2.82. The van der Waals surface area contributed by atoms with E-state index in [0.29, 0.717) is 25.9 Å². The van der Waals surface area contributed by atoms with Crippen LogP contribution in [0.5, 0.6) is 5.75 Å². The van der Waals surface area contributed by atoms with Gasteiger partial charge < -0.3 is 15.4 Å². The highest BCUT2D eigenvalue weighted by atomic mass is 79.9. The maximum Gasteiger partial charge on any atom is 0.223 e. The topological polar surface area (TPSA) is 103 Å². The fourth-order valence-electron chi connectivity index (χ4n) is 2.28. The van der Waals surface area contributed by atoms with Crippen LogP contribution >= 0.6 is 31.9 Å². The van der Waals surface area contributed by atoms with Crippen molar-refractivity contribution in [2.45, 2.75) is 19.4 Å². The number of rotatable bonds is 2. The van der Waals surface area contributed by atoms with Crippen LogP contribution in [0.15, 0.2) is 27.7 Å². The molecule has 0 aliphatic carbocycles. The number of nitrogen functional groups attached to an aromatic ring is 1. The first kappa shape index (κ1) is 15.2. The summed E-state index contributed by atoms with van der Waals surface area (Å²) in [6, 6.07) is 1.68. The zero-order valence-corrected chi connectivity index (χ0v) is 14.9. The van der Waals surface area contributed by atoms with E-state index in [4.69, 9.17) is 5.73 Å². The third kappa shape index (κ3) is 2.24. The fraction of sp³-hybridized carbons (Fsp3) is 0.231. The number of pyridine rings is 1. The molecule has 0 aromatic carbocycles. The Morgan fingerprint density at radius 3 is 2.68 bits per heavy atom. The van der Waals surface area contributed by atoms with Crippen molar-refractivity contribution >= 4 is 49.0 Å². The molecule has 9 heteroatoms. The Morgan fingerprint density at radius 1 is 1.23 bits per heavy atom. The molecule has 0 fully saturated rings. The second-order valence-corrected chi connectivity index (χ2v) is 6.81. The number of hydrogen-bond acceptors (Lipinski definition) is 6. The van der Waals surface area contributed by atoms with Gasteiger partial charge in [0.15, 0.2) is 11.4 Å². The number of hydrogen-bond donors (Lipinski definition) is 2. The molecule has 0 aliphatic heterocycles. The van der Waals surface area contributed by atoms with E-state index in [2.05, 4.69) is 51.8 Å². The number of anilines is 1. The van der Waals surface area contributed by atoms with E-state index in [1.165, 1.54) is 0 Å². The van der Waals surface area contributed by atoms with E-state index in [-0.39, 0.29) is 11.7 Å². The van der Waals surface area contributed by atoms with Crippen LogP contribution in [0.25, 0.3) is 11.2 Å². The molecule has 0 saturated heterocycles. The molecule has 3 N–H and O–H groups in total. The van der Waals surface area contributed by atoms with Crippen molar-refractivity contribution in [3.63, 3.8) is 0 Å². The Labute approximate surface area is 142 Å². The van der Waals surface area contributed by atoms with Gasteiger partial charge in [0, 0.05) is 6.20 Å². The molecule has 0 amide bonds. The Hall–Kier alpha value is -1.74. The third-order valence-corrected chi connectivity index (χ3v) is 4.62. The van der Waals surface area contributed by atoms with Crippen molar-refractivity contribution in [3.05, 3.63) is 33.4 Å². The molecule has 0 spiro atoms. The lowest BCUT2D eigenvalue weighted by Crippen LogP contribution is -2.28. The van der Waals surface area contributed by atoms with E-state index in [9.17, 15) is 5.11 Å². The number of imidazole rings is 1. The minimum absolute atomic E-state index is 0.0791. The van der Waals surface area contributed by atoms with Crippen LogP contribution in [0.1, 0.15) is 19.5 Å². The smallest absolute Gasteiger partial charge is 0.223 e. The van der Waals surface area contributed by atoms with E-state index < -0.39 is 5.54 Å². The molecule has 0 saturated carbocycles. The van der Waals surface area contributed by atoms with Crippen molar-refractivity contribution in [1.29, 1.82) is 0 Å². The van der Waals surface area contributed by atoms with Gasteiger partial charge in [0.25, 0.3) is 0 Å². The number of nitrogens with two attached hydrogens (primary N) is 1. The lowest BCUT2D eigenvalue weighted by atomic mass is 9.98. The van der Waals surface area contributed by atoms with Gasteiger partial charge in [0.05, 0.1) is 16.3 Å². The van der Waals surface area contributed by atoms with Crippen LogP contribution in [-0.4, -0.2) is 29.6 Å². The second-order valence-electron chi connectivity index (χ2n) is 5.21. The van der Waals surface area contributed by atoms with Crippen molar-refractivity contribution in [3.8, 4) is 5.75 Å². The molecule has 3 heterocycles. The summed E-state index contributed by atoms with van der Waals surface area (Å²) in [6.07, 6.45) is 3.25. The van der Waals surface area contributed by atoms with E-state index in [0.717, 1.165) is 0 Å². The molecule has 3 rings (SSSR count). The van der Waals surface area contributed by atoms with E-state index >= 15 is 0 Å². The second kappa shape index (κ2) is 5.17. The first-order valence-corrected chi connectivity index (χ1v) is 7.91. The van der Waals surface area contributed by atoms with Gasteiger partial charge >= 0.3 is 0 Å². The number of nitrogens with zero attached hydrogens (tertiary/aromatic N) is 5. The summed E-state index contributed by atoms with van der Waals surface area (Å²) in [5.41, 5.74) is 6.68. The molecule has 22 heavy (non-hydrogen) atoms.